The number of rotatable bonds is 37. The highest BCUT2D eigenvalue weighted by Gasteiger charge is 2.46. The fourth-order valence-electron chi connectivity index (χ4n) is 6.62. The third kappa shape index (κ3) is 27.8. The molecule has 0 aromatic carbocycles. The second-order valence-corrected chi connectivity index (χ2v) is 19.8. The van der Waals surface area contributed by atoms with E-state index in [1.807, 2.05) is 36.5 Å². The highest BCUT2D eigenvalue weighted by Crippen LogP contribution is 2.60. The van der Waals surface area contributed by atoms with Crippen molar-refractivity contribution in [2.45, 2.75) is 173 Å². The minimum Gasteiger partial charge on any atom is -0.462 e. The van der Waals surface area contributed by atoms with Crippen molar-refractivity contribution in [3.05, 3.63) is 71.4 Å². The summed E-state index contributed by atoms with van der Waals surface area (Å²) in [5.74, 6) is -0.576. The molecule has 1 aromatic heterocycles. The van der Waals surface area contributed by atoms with Gasteiger partial charge in [0.15, 0.2) is 18.1 Å². The van der Waals surface area contributed by atoms with Crippen LogP contribution in [0.15, 0.2) is 65.7 Å². The van der Waals surface area contributed by atoms with Crippen LogP contribution in [0.3, 0.4) is 0 Å². The van der Waals surface area contributed by atoms with E-state index >= 15 is 0 Å². The van der Waals surface area contributed by atoms with Crippen LogP contribution in [0, 0.1) is 5.92 Å². The molecule has 7 atom stereocenters. The predicted octanol–water partition coefficient (Wildman–Crippen LogP) is 8.03. The molecule has 21 heteroatoms. The maximum atomic E-state index is 12.8. The van der Waals surface area contributed by atoms with E-state index in [9.17, 15) is 48.3 Å². The summed E-state index contributed by atoms with van der Waals surface area (Å²) in [7, 11) is -10.9. The molecule has 0 bridgehead atoms. The molecular weight excluding hydrogens is 912 g/mol. The maximum absolute atomic E-state index is 12.8. The van der Waals surface area contributed by atoms with Crippen LogP contribution < -0.4 is 11.4 Å². The number of phosphoric ester groups is 2. The largest absolute Gasteiger partial charge is 0.481 e. The fraction of sp³-hybridized carbons (Fsp3) is 0.674. The lowest BCUT2D eigenvalue weighted by molar-refractivity contribution is -0.161. The lowest BCUT2D eigenvalue weighted by atomic mass is 10.0. The summed E-state index contributed by atoms with van der Waals surface area (Å²) in [4.78, 5) is 73.4. The van der Waals surface area contributed by atoms with Gasteiger partial charge in [-0.3, -0.25) is 28.0 Å². The molecule has 6 N–H and O–H groups in total. The molecule has 1 aliphatic rings. The van der Waals surface area contributed by atoms with Crippen molar-refractivity contribution in [3.8, 4) is 0 Å². The molecule has 67 heavy (non-hydrogen) atoms. The van der Waals surface area contributed by atoms with E-state index in [4.69, 9.17) is 29.0 Å². The van der Waals surface area contributed by atoms with Gasteiger partial charge < -0.3 is 39.9 Å². The SMILES string of the molecule is CCCCCC(=O)/C=C/C=C\C/C=C\C/C=C\CCCC(=O)OC[C@H](COP(=O)(O)OP(=O)(O)OC[C@H]1O[C@@H](n2ccc(N)nc2=O)[C@H](O)[C@@H]1O)OC(=O)CCCCCCCCCCC(C)C. The molecule has 0 aliphatic carbocycles. The third-order valence-electron chi connectivity index (χ3n) is 10.3. The first-order chi connectivity index (χ1) is 31.9. The van der Waals surface area contributed by atoms with Crippen molar-refractivity contribution in [2.75, 3.05) is 25.6 Å². The fourth-order valence-corrected chi connectivity index (χ4v) is 8.73. The zero-order valence-electron chi connectivity index (χ0n) is 39.3. The Hall–Kier alpha value is -3.61. The quantitative estimate of drug-likeness (QED) is 0.0105. The molecule has 2 heterocycles. The number of hydrogen-bond donors (Lipinski definition) is 5. The van der Waals surface area contributed by atoms with E-state index in [-0.39, 0.29) is 24.4 Å². The Morgan fingerprint density at radius 1 is 0.806 bits per heavy atom. The Balaban J connectivity index is 1.85. The minimum absolute atomic E-state index is 0.0241. The van der Waals surface area contributed by atoms with Gasteiger partial charge in [0.1, 0.15) is 30.7 Å². The van der Waals surface area contributed by atoms with Gasteiger partial charge >= 0.3 is 33.3 Å². The summed E-state index contributed by atoms with van der Waals surface area (Å²) in [6.07, 6.45) is 23.7. The Morgan fingerprint density at radius 3 is 2.12 bits per heavy atom. The summed E-state index contributed by atoms with van der Waals surface area (Å²) in [6.45, 7) is 4.14. The number of allylic oxidation sites excluding steroid dienone is 8. The van der Waals surface area contributed by atoms with Crippen LogP contribution in [0.2, 0.25) is 0 Å². The first kappa shape index (κ1) is 59.5. The van der Waals surface area contributed by atoms with Crippen molar-refractivity contribution >= 4 is 39.2 Å². The number of anilines is 1. The molecule has 19 nitrogen and oxygen atoms in total. The molecule has 1 aromatic rings. The molecule has 2 unspecified atom stereocenters. The number of nitrogens with two attached hydrogens (primary N) is 1. The van der Waals surface area contributed by atoms with Gasteiger partial charge in [-0.25, -0.2) is 13.9 Å². The molecule has 0 amide bonds. The molecule has 2 rings (SSSR count). The molecule has 0 saturated carbocycles. The second-order valence-electron chi connectivity index (χ2n) is 16.8. The number of phosphoric acid groups is 2. The number of ketones is 1. The van der Waals surface area contributed by atoms with Crippen molar-refractivity contribution in [1.82, 2.24) is 9.55 Å². The standard InChI is InChI=1S/C46H75N3O16P2/c1-4-5-21-27-37(50)28-23-18-14-9-7-6-8-10-15-19-24-29-41(51)60-33-38(63-42(52)30-25-20-16-12-11-13-17-22-26-36(2)3)34-61-66(56,57)65-67(58,59)62-35-39-43(53)44(54)45(64-39)49-32-31-40(47)48-46(49)55/h6-7,10,14-15,18,23,28,31-32,36,38-39,43-45,53-54H,4-5,8-9,11-13,16-17,19-22,24-27,29-30,33-35H2,1-3H3,(H,56,57)(H,58,59)(H2,47,48,55)/b7-6-,15-10-,18-14-,28-23+/t38-,39-,43-,44-,45-/m1/s1. The zero-order valence-corrected chi connectivity index (χ0v) is 41.1. The Morgan fingerprint density at radius 2 is 1.43 bits per heavy atom. The van der Waals surface area contributed by atoms with Gasteiger partial charge in [0.2, 0.25) is 0 Å². The van der Waals surface area contributed by atoms with Crippen molar-refractivity contribution < 1.29 is 71.1 Å². The summed E-state index contributed by atoms with van der Waals surface area (Å²) in [5.41, 5.74) is 4.57. The van der Waals surface area contributed by atoms with Gasteiger partial charge in [0, 0.05) is 25.5 Å². The summed E-state index contributed by atoms with van der Waals surface area (Å²) >= 11 is 0. The number of nitrogens with zero attached hydrogens (tertiary/aromatic N) is 2. The summed E-state index contributed by atoms with van der Waals surface area (Å²) in [6, 6.07) is 1.24. The van der Waals surface area contributed by atoms with Crippen LogP contribution in [0.5, 0.6) is 0 Å². The van der Waals surface area contributed by atoms with Gasteiger partial charge in [0.05, 0.1) is 13.2 Å². The van der Waals surface area contributed by atoms with E-state index in [1.54, 1.807) is 12.2 Å². The van der Waals surface area contributed by atoms with Crippen LogP contribution in [0.4, 0.5) is 5.82 Å². The molecule has 0 radical (unpaired) electrons. The molecule has 380 valence electrons. The Kier molecular flexibility index (Phi) is 30.0. The first-order valence-corrected chi connectivity index (χ1v) is 26.5. The van der Waals surface area contributed by atoms with Crippen LogP contribution in [0.25, 0.3) is 0 Å². The third-order valence-corrected chi connectivity index (χ3v) is 12.9. The van der Waals surface area contributed by atoms with Crippen LogP contribution in [0.1, 0.15) is 149 Å². The number of aromatic nitrogens is 2. The topological polar surface area (TPSA) is 283 Å². The summed E-state index contributed by atoms with van der Waals surface area (Å²) in [5, 5.41) is 20.9. The summed E-state index contributed by atoms with van der Waals surface area (Å²) < 4.78 is 56.5. The zero-order chi connectivity index (χ0) is 49.5. The van der Waals surface area contributed by atoms with Crippen LogP contribution in [-0.4, -0.2) is 91.5 Å². The van der Waals surface area contributed by atoms with Gasteiger partial charge in [-0.05, 0) is 56.6 Å². The van der Waals surface area contributed by atoms with Crippen molar-refractivity contribution in [1.29, 1.82) is 0 Å². The van der Waals surface area contributed by atoms with Crippen molar-refractivity contribution in [2.24, 2.45) is 5.92 Å². The van der Waals surface area contributed by atoms with Crippen molar-refractivity contribution in [3.63, 3.8) is 0 Å². The average Bonchev–Trinajstić information content (AvgIpc) is 3.54. The lowest BCUT2D eigenvalue weighted by Crippen LogP contribution is -2.36. The lowest BCUT2D eigenvalue weighted by Gasteiger charge is -2.21. The number of nitrogen functional groups attached to an aromatic ring is 1. The number of aliphatic hydroxyl groups is 2. The van der Waals surface area contributed by atoms with E-state index < -0.39 is 83.7 Å². The number of hydrogen-bond acceptors (Lipinski definition) is 16. The Bertz CT molecular complexity index is 1890. The number of aliphatic hydroxyl groups excluding tert-OH is 2. The van der Waals surface area contributed by atoms with Crippen LogP contribution >= 0.6 is 15.6 Å². The average molecular weight is 988 g/mol. The van der Waals surface area contributed by atoms with E-state index in [2.05, 4.69) is 30.1 Å². The number of carbonyl (C=O) groups excluding carboxylic acids is 3. The minimum atomic E-state index is -5.44. The van der Waals surface area contributed by atoms with Gasteiger partial charge in [0.25, 0.3) is 0 Å². The van der Waals surface area contributed by atoms with E-state index in [0.717, 1.165) is 68.6 Å². The van der Waals surface area contributed by atoms with Gasteiger partial charge in [-0.2, -0.15) is 9.29 Å². The smallest absolute Gasteiger partial charge is 0.462 e. The molecule has 1 aliphatic heterocycles. The predicted molar refractivity (Wildman–Crippen MR) is 252 cm³/mol. The maximum Gasteiger partial charge on any atom is 0.481 e. The monoisotopic (exact) mass is 987 g/mol. The molecule has 1 saturated heterocycles. The molecule has 1 fully saturated rings. The van der Waals surface area contributed by atoms with Crippen LogP contribution in [-0.2, 0) is 51.1 Å². The highest BCUT2D eigenvalue weighted by atomic mass is 31.3. The van der Waals surface area contributed by atoms with Gasteiger partial charge in [-0.1, -0.05) is 128 Å². The second kappa shape index (κ2) is 33.8. The van der Waals surface area contributed by atoms with Gasteiger partial charge in [-0.15, -0.1) is 0 Å². The number of ether oxygens (including phenoxy) is 3. The number of esters is 2. The highest BCUT2D eigenvalue weighted by molar-refractivity contribution is 7.61. The normalized spacial score (nSPS) is 20.0. The first-order valence-electron chi connectivity index (χ1n) is 23.5. The number of unbranched alkanes of at least 4 members (excludes halogenated alkanes) is 10. The Labute approximate surface area is 395 Å². The van der Waals surface area contributed by atoms with E-state index in [1.165, 1.54) is 25.3 Å². The molecule has 0 spiro atoms. The van der Waals surface area contributed by atoms with E-state index in [0.29, 0.717) is 38.0 Å². The number of carbonyl (C=O) groups is 3. The molecular formula is C46H75N3O16P2.